The van der Waals surface area contributed by atoms with Gasteiger partial charge >= 0.3 is 0 Å². The molecule has 0 aliphatic carbocycles. The molecule has 6 heteroatoms. The summed E-state index contributed by atoms with van der Waals surface area (Å²) in [6.45, 7) is 2.40. The number of likely N-dealkylation sites (tertiary alicyclic amines) is 1. The number of amides is 3. The molecule has 1 heterocycles. The van der Waals surface area contributed by atoms with E-state index < -0.39 is 0 Å². The Morgan fingerprint density at radius 1 is 1.56 bits per heavy atom. The molecular weight excluding hydrogens is 228 g/mol. The summed E-state index contributed by atoms with van der Waals surface area (Å²) in [6, 6.07) is 0. The van der Waals surface area contributed by atoms with Crippen LogP contribution in [0.3, 0.4) is 0 Å². The molecule has 1 fully saturated rings. The Morgan fingerprint density at radius 2 is 2.25 bits per heavy atom. The monoisotopic (exact) mass is 244 g/mol. The van der Waals surface area contributed by atoms with E-state index in [1.807, 2.05) is 0 Å². The number of carbonyl (C=O) groups is 3. The minimum Gasteiger partial charge on any atom is -0.355 e. The highest BCUT2D eigenvalue weighted by atomic mass is 32.1. The van der Waals surface area contributed by atoms with E-state index in [2.05, 4.69) is 17.9 Å². The van der Waals surface area contributed by atoms with Gasteiger partial charge in [-0.2, -0.15) is 12.6 Å². The predicted octanol–water partition coefficient (Wildman–Crippen LogP) is -0.182. The van der Waals surface area contributed by atoms with E-state index in [1.54, 1.807) is 6.92 Å². The van der Waals surface area contributed by atoms with Crippen LogP contribution in [0.5, 0.6) is 0 Å². The maximum atomic E-state index is 11.5. The van der Waals surface area contributed by atoms with Crippen molar-refractivity contribution >= 4 is 30.4 Å². The lowest BCUT2D eigenvalue weighted by atomic mass is 10.1. The molecule has 0 radical (unpaired) electrons. The molecule has 0 spiro atoms. The van der Waals surface area contributed by atoms with Gasteiger partial charge in [0, 0.05) is 37.6 Å². The summed E-state index contributed by atoms with van der Waals surface area (Å²) >= 11 is 3.96. The second-order valence-corrected chi connectivity index (χ2v) is 4.26. The van der Waals surface area contributed by atoms with Crippen molar-refractivity contribution in [2.45, 2.75) is 19.8 Å². The molecule has 3 amide bonds. The van der Waals surface area contributed by atoms with Gasteiger partial charge in [0.2, 0.25) is 17.7 Å². The zero-order valence-electron chi connectivity index (χ0n) is 9.23. The first-order chi connectivity index (χ1) is 7.56. The van der Waals surface area contributed by atoms with Crippen molar-refractivity contribution in [1.29, 1.82) is 0 Å². The minimum absolute atomic E-state index is 0.158. The second kappa shape index (κ2) is 5.89. The van der Waals surface area contributed by atoms with E-state index in [-0.39, 0.29) is 43.0 Å². The highest BCUT2D eigenvalue weighted by Crippen LogP contribution is 2.18. The third-order valence-corrected chi connectivity index (χ3v) is 2.69. The number of hydrogen-bond acceptors (Lipinski definition) is 4. The minimum atomic E-state index is -0.243. The predicted molar refractivity (Wildman–Crippen MR) is 62.0 cm³/mol. The third-order valence-electron chi connectivity index (χ3n) is 2.47. The van der Waals surface area contributed by atoms with E-state index in [0.29, 0.717) is 12.3 Å². The topological polar surface area (TPSA) is 66.5 Å². The van der Waals surface area contributed by atoms with Gasteiger partial charge in [-0.15, -0.1) is 0 Å². The fourth-order valence-corrected chi connectivity index (χ4v) is 1.69. The van der Waals surface area contributed by atoms with Crippen LogP contribution in [0.4, 0.5) is 0 Å². The fourth-order valence-electron chi connectivity index (χ4n) is 1.58. The highest BCUT2D eigenvalue weighted by Gasteiger charge is 2.35. The molecule has 0 aromatic heterocycles. The number of hydrogen-bond donors (Lipinski definition) is 2. The number of nitrogens with one attached hydrogen (secondary N) is 1. The van der Waals surface area contributed by atoms with Crippen molar-refractivity contribution in [2.75, 3.05) is 18.8 Å². The molecule has 1 rings (SSSR count). The average molecular weight is 244 g/mol. The summed E-state index contributed by atoms with van der Waals surface area (Å²) < 4.78 is 0. The lowest BCUT2D eigenvalue weighted by Gasteiger charge is -2.13. The van der Waals surface area contributed by atoms with Gasteiger partial charge in [0.25, 0.3) is 0 Å². The molecular formula is C10H16N2O3S. The van der Waals surface area contributed by atoms with Crippen molar-refractivity contribution in [2.24, 2.45) is 5.92 Å². The number of imide groups is 1. The first-order valence-electron chi connectivity index (χ1n) is 5.28. The molecule has 1 aliphatic rings. The molecule has 1 unspecified atom stereocenters. The van der Waals surface area contributed by atoms with Gasteiger partial charge in [0.15, 0.2) is 0 Å². The standard InChI is InChI=1S/C10H16N2O3S/c1-7-6-9(14)12(10(7)15)4-2-8(13)11-3-5-16/h7,16H,2-6H2,1H3,(H,11,13). The molecule has 0 aromatic rings. The van der Waals surface area contributed by atoms with Gasteiger partial charge in [0.05, 0.1) is 0 Å². The van der Waals surface area contributed by atoms with E-state index in [1.165, 1.54) is 4.90 Å². The van der Waals surface area contributed by atoms with Crippen LogP contribution in [0.1, 0.15) is 19.8 Å². The van der Waals surface area contributed by atoms with Gasteiger partial charge < -0.3 is 5.32 Å². The molecule has 5 nitrogen and oxygen atoms in total. The van der Waals surface area contributed by atoms with Crippen LogP contribution in [-0.2, 0) is 14.4 Å². The van der Waals surface area contributed by atoms with Crippen LogP contribution in [0.2, 0.25) is 0 Å². The van der Waals surface area contributed by atoms with Crippen molar-refractivity contribution in [1.82, 2.24) is 10.2 Å². The van der Waals surface area contributed by atoms with Crippen LogP contribution < -0.4 is 5.32 Å². The molecule has 16 heavy (non-hydrogen) atoms. The number of nitrogens with zero attached hydrogens (tertiary/aromatic N) is 1. The molecule has 0 bridgehead atoms. The Labute approximate surface area is 100.0 Å². The lowest BCUT2D eigenvalue weighted by Crippen LogP contribution is -2.35. The highest BCUT2D eigenvalue weighted by molar-refractivity contribution is 7.80. The maximum Gasteiger partial charge on any atom is 0.232 e. The first kappa shape index (κ1) is 13.0. The van der Waals surface area contributed by atoms with Crippen molar-refractivity contribution < 1.29 is 14.4 Å². The molecule has 1 N–H and O–H groups in total. The Balaban J connectivity index is 2.35. The Bertz CT molecular complexity index is 306. The van der Waals surface area contributed by atoms with Gasteiger partial charge in [-0.25, -0.2) is 0 Å². The van der Waals surface area contributed by atoms with Crippen molar-refractivity contribution in [3.8, 4) is 0 Å². The van der Waals surface area contributed by atoms with Crippen LogP contribution in [0, 0.1) is 5.92 Å². The Kier molecular flexibility index (Phi) is 4.79. The smallest absolute Gasteiger partial charge is 0.232 e. The second-order valence-electron chi connectivity index (χ2n) is 3.81. The van der Waals surface area contributed by atoms with Crippen molar-refractivity contribution in [3.05, 3.63) is 0 Å². The molecule has 1 saturated heterocycles. The van der Waals surface area contributed by atoms with Gasteiger partial charge in [-0.3, -0.25) is 19.3 Å². The van der Waals surface area contributed by atoms with Gasteiger partial charge in [0.1, 0.15) is 0 Å². The third kappa shape index (κ3) is 3.23. The molecule has 0 saturated carbocycles. The Morgan fingerprint density at radius 3 is 2.75 bits per heavy atom. The maximum absolute atomic E-state index is 11.5. The fraction of sp³-hybridized carbons (Fsp3) is 0.700. The van der Waals surface area contributed by atoms with E-state index in [0.717, 1.165) is 0 Å². The van der Waals surface area contributed by atoms with E-state index in [9.17, 15) is 14.4 Å². The summed E-state index contributed by atoms with van der Waals surface area (Å²) in [5.41, 5.74) is 0. The van der Waals surface area contributed by atoms with Crippen LogP contribution in [0.25, 0.3) is 0 Å². The zero-order valence-corrected chi connectivity index (χ0v) is 10.1. The summed E-state index contributed by atoms with van der Waals surface area (Å²) in [4.78, 5) is 35.3. The van der Waals surface area contributed by atoms with Crippen molar-refractivity contribution in [3.63, 3.8) is 0 Å². The van der Waals surface area contributed by atoms with Gasteiger partial charge in [-0.1, -0.05) is 6.92 Å². The van der Waals surface area contributed by atoms with Crippen LogP contribution in [0.15, 0.2) is 0 Å². The summed E-state index contributed by atoms with van der Waals surface area (Å²) in [7, 11) is 0. The molecule has 0 aromatic carbocycles. The number of carbonyl (C=O) groups excluding carboxylic acids is 3. The van der Waals surface area contributed by atoms with Crippen LogP contribution in [-0.4, -0.2) is 41.5 Å². The normalized spacial score (nSPS) is 20.4. The summed E-state index contributed by atoms with van der Waals surface area (Å²) in [5.74, 6) is -0.182. The van der Waals surface area contributed by atoms with E-state index >= 15 is 0 Å². The molecule has 1 aliphatic heterocycles. The van der Waals surface area contributed by atoms with Gasteiger partial charge in [-0.05, 0) is 0 Å². The summed E-state index contributed by atoms with van der Waals surface area (Å²) in [6.07, 6.45) is 0.426. The summed E-state index contributed by atoms with van der Waals surface area (Å²) in [5, 5.41) is 2.63. The average Bonchev–Trinajstić information content (AvgIpc) is 2.48. The molecule has 90 valence electrons. The molecule has 1 atom stereocenters. The largest absolute Gasteiger partial charge is 0.355 e. The number of thiol groups is 1. The first-order valence-corrected chi connectivity index (χ1v) is 5.91. The quantitative estimate of drug-likeness (QED) is 0.521. The van der Waals surface area contributed by atoms with Crippen LogP contribution >= 0.6 is 12.6 Å². The lowest BCUT2D eigenvalue weighted by molar-refractivity contribution is -0.139. The van der Waals surface area contributed by atoms with E-state index in [4.69, 9.17) is 0 Å². The zero-order chi connectivity index (χ0) is 12.1. The number of rotatable bonds is 5. The Hall–Kier alpha value is -1.04. The SMILES string of the molecule is CC1CC(=O)N(CCC(=O)NCCS)C1=O.